The first-order valence-corrected chi connectivity index (χ1v) is 15.3. The Morgan fingerprint density at radius 2 is 1.06 bits per heavy atom. The van der Waals surface area contributed by atoms with Crippen LogP contribution >= 0.6 is 0 Å². The maximum Gasteiger partial charge on any atom is 0.411 e. The summed E-state index contributed by atoms with van der Waals surface area (Å²) in [7, 11) is -6.04. The van der Waals surface area contributed by atoms with E-state index in [2.05, 4.69) is 4.74 Å². The molecule has 0 aromatic heterocycles. The molecule has 0 aliphatic carbocycles. The lowest BCUT2D eigenvalue weighted by molar-refractivity contribution is -0.288. The third kappa shape index (κ3) is 6.42. The van der Waals surface area contributed by atoms with Gasteiger partial charge in [0.1, 0.15) is 16.4 Å². The predicted molar refractivity (Wildman–Crippen MR) is 148 cm³/mol. The van der Waals surface area contributed by atoms with Crippen molar-refractivity contribution in [2.75, 3.05) is 6.61 Å². The van der Waals surface area contributed by atoms with Crippen molar-refractivity contribution < 1.29 is 83.9 Å². The highest BCUT2D eigenvalue weighted by Crippen LogP contribution is 2.57. The van der Waals surface area contributed by atoms with E-state index < -0.39 is 131 Å². The van der Waals surface area contributed by atoms with Gasteiger partial charge in [0, 0.05) is 5.56 Å². The molecular weight excluding hydrogens is 750 g/mol. The highest BCUT2D eigenvalue weighted by atomic mass is 32.2. The van der Waals surface area contributed by atoms with Crippen LogP contribution in [0.3, 0.4) is 0 Å². The maximum atomic E-state index is 15.1. The zero-order chi connectivity index (χ0) is 38.6. The molecule has 51 heavy (non-hydrogen) atoms. The van der Waals surface area contributed by atoms with Crippen LogP contribution in [-0.2, 0) is 22.0 Å². The van der Waals surface area contributed by atoms with Crippen molar-refractivity contribution >= 4 is 10.1 Å². The molecule has 0 spiro atoms. The summed E-state index contributed by atoms with van der Waals surface area (Å²) in [5, 5.41) is 0. The van der Waals surface area contributed by atoms with Gasteiger partial charge in [-0.1, -0.05) is 25.1 Å². The Bertz CT molecular complexity index is 2040. The number of hydrogen-bond donors (Lipinski definition) is 1. The van der Waals surface area contributed by atoms with Crippen molar-refractivity contribution in [1.29, 1.82) is 0 Å². The van der Waals surface area contributed by atoms with Crippen LogP contribution < -0.4 is 9.47 Å². The molecule has 0 aliphatic rings. The van der Waals surface area contributed by atoms with Crippen LogP contribution in [0, 0.1) is 46.5 Å². The molecule has 0 radical (unpaired) electrons. The Morgan fingerprint density at radius 3 is 1.45 bits per heavy atom. The Hall–Kier alpha value is -4.59. The van der Waals surface area contributed by atoms with E-state index in [9.17, 15) is 56.9 Å². The number of ether oxygens (including phenoxy) is 2. The maximum absolute atomic E-state index is 15.1. The number of benzene rings is 4. The van der Waals surface area contributed by atoms with Crippen LogP contribution in [-0.4, -0.2) is 31.9 Å². The molecule has 4 rings (SSSR count). The molecule has 1 N–H and O–H groups in total. The summed E-state index contributed by atoms with van der Waals surface area (Å²) >= 11 is 0. The molecule has 4 aromatic rings. The fourth-order valence-electron chi connectivity index (χ4n) is 5.21. The second kappa shape index (κ2) is 13.5. The second-order valence-corrected chi connectivity index (χ2v) is 11.8. The standard InChI is InChI=1S/C31H18F14O5S/c1-3-15-20(32)22(34)18(23(35)21(15)33)19-24(36)26(38)28(27(39)25(19)37)50-16-10-7-13(11-17(16)51(46,47)48)29(30(40,41)42,31(43,44)45)12-5-8-14(9-6-12)49-4-2/h5-11H,3-4H2,1-2H3,(H,46,47,48). The van der Waals surface area contributed by atoms with Crippen LogP contribution in [0.25, 0.3) is 11.1 Å². The number of rotatable bonds is 9. The van der Waals surface area contributed by atoms with Gasteiger partial charge in [0.2, 0.25) is 22.8 Å². The molecule has 0 unspecified atom stereocenters. The average Bonchev–Trinajstić information content (AvgIpc) is 3.03. The number of hydrogen-bond acceptors (Lipinski definition) is 4. The fourth-order valence-corrected chi connectivity index (χ4v) is 5.85. The van der Waals surface area contributed by atoms with Crippen molar-refractivity contribution in [3.63, 3.8) is 0 Å². The second-order valence-electron chi connectivity index (χ2n) is 10.4. The Balaban J connectivity index is 1.99. The molecule has 0 fully saturated rings. The normalized spacial score (nSPS) is 12.7. The SMILES string of the molecule is CCOc1ccc(C(c2ccc(Oc3c(F)c(F)c(-c4c(F)c(F)c(CC)c(F)c4F)c(F)c3F)c(S(=O)(=O)O)c2)(C(F)(F)F)C(F)(F)F)cc1. The van der Waals surface area contributed by atoms with Crippen molar-refractivity contribution in [2.45, 2.75) is 42.9 Å². The summed E-state index contributed by atoms with van der Waals surface area (Å²) in [4.78, 5) is -2.05. The van der Waals surface area contributed by atoms with Gasteiger partial charge in [-0.25, -0.2) is 26.3 Å². The molecule has 276 valence electrons. The highest BCUT2D eigenvalue weighted by molar-refractivity contribution is 7.86. The largest absolute Gasteiger partial charge is 0.494 e. The molecular formula is C31H18F14O5S. The fraction of sp³-hybridized carbons (Fsp3) is 0.226. The summed E-state index contributed by atoms with van der Waals surface area (Å²) in [6.45, 7) is 2.43. The van der Waals surface area contributed by atoms with Gasteiger partial charge in [-0.05, 0) is 48.7 Å². The van der Waals surface area contributed by atoms with Crippen LogP contribution in [0.1, 0.15) is 30.5 Å². The van der Waals surface area contributed by atoms with E-state index in [1.54, 1.807) is 0 Å². The first-order chi connectivity index (χ1) is 23.5. The van der Waals surface area contributed by atoms with E-state index in [0.717, 1.165) is 19.1 Å². The zero-order valence-corrected chi connectivity index (χ0v) is 26.1. The van der Waals surface area contributed by atoms with E-state index in [-0.39, 0.29) is 24.5 Å². The van der Waals surface area contributed by atoms with Gasteiger partial charge < -0.3 is 9.47 Å². The van der Waals surface area contributed by atoms with E-state index in [1.165, 1.54) is 6.92 Å². The Labute approximate surface area is 277 Å². The van der Waals surface area contributed by atoms with Crippen molar-refractivity contribution in [3.05, 3.63) is 106 Å². The molecule has 0 bridgehead atoms. The van der Waals surface area contributed by atoms with Crippen molar-refractivity contribution in [2.24, 2.45) is 0 Å². The van der Waals surface area contributed by atoms with Crippen molar-refractivity contribution in [1.82, 2.24) is 0 Å². The lowest BCUT2D eigenvalue weighted by atomic mass is 9.73. The van der Waals surface area contributed by atoms with E-state index in [4.69, 9.17) is 4.74 Å². The first-order valence-electron chi connectivity index (χ1n) is 13.8. The molecule has 0 atom stereocenters. The molecule has 0 aliphatic heterocycles. The molecule has 0 heterocycles. The van der Waals surface area contributed by atoms with Gasteiger partial charge in [-0.3, -0.25) is 4.55 Å². The minimum Gasteiger partial charge on any atom is -0.494 e. The van der Waals surface area contributed by atoms with Gasteiger partial charge in [0.25, 0.3) is 10.1 Å². The predicted octanol–water partition coefficient (Wildman–Crippen LogP) is 9.88. The topological polar surface area (TPSA) is 72.8 Å². The molecule has 5 nitrogen and oxygen atoms in total. The molecule has 0 saturated carbocycles. The smallest absolute Gasteiger partial charge is 0.411 e. The summed E-state index contributed by atoms with van der Waals surface area (Å²) in [6, 6.07) is 1.53. The zero-order valence-electron chi connectivity index (χ0n) is 25.2. The quantitative estimate of drug-likeness (QED) is 0.104. The summed E-state index contributed by atoms with van der Waals surface area (Å²) in [6.07, 6.45) is -13.4. The monoisotopic (exact) mass is 768 g/mol. The number of halogens is 14. The van der Waals surface area contributed by atoms with Gasteiger partial charge >= 0.3 is 12.4 Å². The number of alkyl halides is 6. The molecule has 20 heteroatoms. The van der Waals surface area contributed by atoms with Crippen LogP contribution in [0.2, 0.25) is 0 Å². The summed E-state index contributed by atoms with van der Waals surface area (Å²) < 4.78 is 250. The van der Waals surface area contributed by atoms with E-state index in [0.29, 0.717) is 12.1 Å². The van der Waals surface area contributed by atoms with E-state index in [1.807, 2.05) is 0 Å². The Morgan fingerprint density at radius 1 is 0.627 bits per heavy atom. The van der Waals surface area contributed by atoms with E-state index >= 15 is 17.6 Å². The third-order valence-electron chi connectivity index (χ3n) is 7.50. The lowest BCUT2D eigenvalue weighted by Crippen LogP contribution is -2.54. The van der Waals surface area contributed by atoms with Gasteiger partial charge in [-0.15, -0.1) is 0 Å². The van der Waals surface area contributed by atoms with Gasteiger partial charge in [-0.2, -0.15) is 43.5 Å². The van der Waals surface area contributed by atoms with Gasteiger partial charge in [0.05, 0.1) is 17.7 Å². The summed E-state index contributed by atoms with van der Waals surface area (Å²) in [5.41, 5.74) is -14.5. The van der Waals surface area contributed by atoms with Crippen LogP contribution in [0.4, 0.5) is 61.5 Å². The first kappa shape index (κ1) is 39.2. The average molecular weight is 769 g/mol. The lowest BCUT2D eigenvalue weighted by Gasteiger charge is -2.38. The minimum absolute atomic E-state index is 0.0448. The molecule has 0 saturated heterocycles. The Kier molecular flexibility index (Phi) is 10.4. The molecule has 4 aromatic carbocycles. The molecule has 0 amide bonds. The minimum atomic E-state index is -6.34. The third-order valence-corrected chi connectivity index (χ3v) is 8.37. The van der Waals surface area contributed by atoms with Crippen LogP contribution in [0.5, 0.6) is 17.2 Å². The highest BCUT2D eigenvalue weighted by Gasteiger charge is 2.72. The van der Waals surface area contributed by atoms with Crippen LogP contribution in [0.15, 0.2) is 47.4 Å². The van der Waals surface area contributed by atoms with Gasteiger partial charge in [0.15, 0.2) is 34.9 Å². The van der Waals surface area contributed by atoms with Crippen molar-refractivity contribution in [3.8, 4) is 28.4 Å². The summed E-state index contributed by atoms with van der Waals surface area (Å²) in [5.74, 6) is -24.8.